The molecule has 9 heteroatoms. The maximum absolute atomic E-state index is 12.9. The molecule has 186 valence electrons. The van der Waals surface area contributed by atoms with Crippen LogP contribution in [0.4, 0.5) is 0 Å². The van der Waals surface area contributed by atoms with Crippen LogP contribution in [0.3, 0.4) is 0 Å². The highest BCUT2D eigenvalue weighted by Crippen LogP contribution is 2.35. The van der Waals surface area contributed by atoms with Crippen molar-refractivity contribution in [3.63, 3.8) is 0 Å². The average molecular weight is 490 g/mol. The Hall–Kier alpha value is 0.0400. The highest BCUT2D eigenvalue weighted by Gasteiger charge is 2.41. The molecule has 2 heterocycles. The maximum Gasteiger partial charge on any atom is 0.214 e. The third-order valence-corrected chi connectivity index (χ3v) is 11.1. The summed E-state index contributed by atoms with van der Waals surface area (Å²) in [5.74, 6) is 1.82. The van der Waals surface area contributed by atoms with E-state index in [9.17, 15) is 8.42 Å². The quantitative estimate of drug-likeness (QED) is 0.408. The first kappa shape index (κ1) is 25.1. The number of alkyl halides is 1. The first-order valence-electron chi connectivity index (χ1n) is 12.9. The second-order valence-corrected chi connectivity index (χ2v) is 13.5. The number of halogens is 1. The van der Waals surface area contributed by atoms with Crippen molar-refractivity contribution < 1.29 is 8.42 Å². The number of nitrogens with one attached hydrogen (secondary N) is 3. The monoisotopic (exact) mass is 489 g/mol. The Morgan fingerprint density at radius 1 is 1.12 bits per heavy atom. The predicted octanol–water partition coefficient (Wildman–Crippen LogP) is 2.02. The zero-order valence-electron chi connectivity index (χ0n) is 19.6. The molecule has 0 aromatic rings. The number of nitrogens with zero attached hydrogens (tertiary/aromatic N) is 1. The van der Waals surface area contributed by atoms with Crippen LogP contribution in [0.2, 0.25) is 0 Å². The Balaban J connectivity index is 1.40. The summed E-state index contributed by atoms with van der Waals surface area (Å²) in [7, 11) is -3.25. The van der Waals surface area contributed by atoms with Gasteiger partial charge in [-0.05, 0) is 62.8 Å². The SMILES string of the molecule is CC1CCC(C2NCC(CNS(=O)(=O)C3CCCCC3)C(N3CCC(CN)C3)N2)CC1Cl. The van der Waals surface area contributed by atoms with E-state index in [-0.39, 0.29) is 28.9 Å². The van der Waals surface area contributed by atoms with Gasteiger partial charge in [0.1, 0.15) is 0 Å². The van der Waals surface area contributed by atoms with E-state index < -0.39 is 10.0 Å². The van der Waals surface area contributed by atoms with Gasteiger partial charge in [0.05, 0.1) is 17.6 Å². The standard InChI is InChI=1S/C23H44ClN5O2S/c1-16-7-8-18(11-21(16)24)22-26-13-19(23(28-22)29-10-9-17(12-25)15-29)14-27-32(30,31)20-5-3-2-4-6-20/h16-23,26-28H,2-15,25H2,1H3. The first-order valence-corrected chi connectivity index (χ1v) is 14.9. The van der Waals surface area contributed by atoms with Crippen molar-refractivity contribution in [2.45, 2.75) is 87.7 Å². The molecule has 0 bridgehead atoms. The molecule has 0 radical (unpaired) electrons. The molecule has 4 rings (SSSR count). The van der Waals surface area contributed by atoms with Gasteiger partial charge in [-0.2, -0.15) is 0 Å². The van der Waals surface area contributed by atoms with E-state index in [1.54, 1.807) is 0 Å². The molecule has 4 fully saturated rings. The molecule has 2 aliphatic heterocycles. The van der Waals surface area contributed by atoms with Gasteiger partial charge in [-0.15, -0.1) is 11.6 Å². The maximum atomic E-state index is 12.9. The molecule has 0 aromatic carbocycles. The fourth-order valence-corrected chi connectivity index (χ4v) is 8.27. The van der Waals surface area contributed by atoms with Crippen molar-refractivity contribution in [3.05, 3.63) is 0 Å². The van der Waals surface area contributed by atoms with E-state index in [0.717, 1.165) is 71.1 Å². The topological polar surface area (TPSA) is 99.5 Å². The van der Waals surface area contributed by atoms with Crippen LogP contribution in [0.25, 0.3) is 0 Å². The Bertz CT molecular complexity index is 705. The van der Waals surface area contributed by atoms with Gasteiger partial charge in [0, 0.05) is 37.5 Å². The van der Waals surface area contributed by atoms with E-state index in [1.807, 2.05) is 0 Å². The number of hydrogen-bond donors (Lipinski definition) is 4. The van der Waals surface area contributed by atoms with Crippen LogP contribution in [-0.2, 0) is 10.0 Å². The van der Waals surface area contributed by atoms with Gasteiger partial charge in [0.15, 0.2) is 0 Å². The van der Waals surface area contributed by atoms with Crippen molar-refractivity contribution in [2.75, 3.05) is 32.7 Å². The summed E-state index contributed by atoms with van der Waals surface area (Å²) in [6.07, 6.45) is 9.72. The van der Waals surface area contributed by atoms with Crippen LogP contribution in [0.5, 0.6) is 0 Å². The Kier molecular flexibility index (Phi) is 8.79. The third-order valence-electron chi connectivity index (χ3n) is 8.59. The predicted molar refractivity (Wildman–Crippen MR) is 131 cm³/mol. The molecule has 4 aliphatic rings. The minimum atomic E-state index is -3.25. The lowest BCUT2D eigenvalue weighted by molar-refractivity contribution is 0.0540. The highest BCUT2D eigenvalue weighted by molar-refractivity contribution is 7.90. The summed E-state index contributed by atoms with van der Waals surface area (Å²) in [4.78, 5) is 2.51. The van der Waals surface area contributed by atoms with Gasteiger partial charge >= 0.3 is 0 Å². The Labute approximate surface area is 200 Å². The van der Waals surface area contributed by atoms with Crippen molar-refractivity contribution in [1.29, 1.82) is 0 Å². The van der Waals surface area contributed by atoms with Crippen molar-refractivity contribution in [1.82, 2.24) is 20.3 Å². The summed E-state index contributed by atoms with van der Waals surface area (Å²) in [6, 6.07) is 0. The summed E-state index contributed by atoms with van der Waals surface area (Å²) < 4.78 is 28.9. The normalized spacial score (nSPS) is 40.5. The highest BCUT2D eigenvalue weighted by atomic mass is 35.5. The van der Waals surface area contributed by atoms with Gasteiger partial charge in [0.2, 0.25) is 10.0 Å². The second kappa shape index (κ2) is 11.2. The van der Waals surface area contributed by atoms with Crippen molar-refractivity contribution in [2.24, 2.45) is 29.4 Å². The van der Waals surface area contributed by atoms with Crippen LogP contribution in [-0.4, -0.2) is 69.0 Å². The average Bonchev–Trinajstić information content (AvgIpc) is 3.29. The Morgan fingerprint density at radius 3 is 2.59 bits per heavy atom. The van der Waals surface area contributed by atoms with Gasteiger partial charge in [-0.3, -0.25) is 10.2 Å². The molecular weight excluding hydrogens is 446 g/mol. The Morgan fingerprint density at radius 2 is 1.91 bits per heavy atom. The smallest absolute Gasteiger partial charge is 0.214 e. The van der Waals surface area contributed by atoms with Gasteiger partial charge < -0.3 is 11.1 Å². The minimum absolute atomic E-state index is 0.167. The molecule has 0 spiro atoms. The van der Waals surface area contributed by atoms with Crippen LogP contribution in [0.1, 0.15) is 64.7 Å². The fourth-order valence-electron chi connectivity index (χ4n) is 6.28. The summed E-state index contributed by atoms with van der Waals surface area (Å²) in [6.45, 7) is 6.30. The molecule has 32 heavy (non-hydrogen) atoms. The molecule has 7 unspecified atom stereocenters. The number of rotatable bonds is 7. The molecule has 2 saturated heterocycles. The molecule has 5 N–H and O–H groups in total. The van der Waals surface area contributed by atoms with Gasteiger partial charge in [0.25, 0.3) is 0 Å². The molecule has 0 aromatic heterocycles. The van der Waals surface area contributed by atoms with E-state index in [2.05, 4.69) is 27.2 Å². The number of hydrogen-bond acceptors (Lipinski definition) is 6. The number of nitrogens with two attached hydrogens (primary N) is 1. The van der Waals surface area contributed by atoms with E-state index in [4.69, 9.17) is 17.3 Å². The van der Waals surface area contributed by atoms with E-state index in [1.165, 1.54) is 12.8 Å². The molecule has 2 saturated carbocycles. The van der Waals surface area contributed by atoms with Gasteiger partial charge in [-0.1, -0.05) is 26.2 Å². The molecule has 7 nitrogen and oxygen atoms in total. The van der Waals surface area contributed by atoms with Crippen molar-refractivity contribution >= 4 is 21.6 Å². The summed E-state index contributed by atoms with van der Waals surface area (Å²) in [5.41, 5.74) is 5.97. The van der Waals surface area contributed by atoms with Crippen LogP contribution in [0.15, 0.2) is 0 Å². The minimum Gasteiger partial charge on any atom is -0.330 e. The molecular formula is C23H44ClN5O2S. The van der Waals surface area contributed by atoms with Crippen molar-refractivity contribution in [3.8, 4) is 0 Å². The zero-order chi connectivity index (χ0) is 22.7. The fraction of sp³-hybridized carbons (Fsp3) is 1.00. The van der Waals surface area contributed by atoms with E-state index in [0.29, 0.717) is 24.3 Å². The lowest BCUT2D eigenvalue weighted by Gasteiger charge is -2.47. The van der Waals surface area contributed by atoms with E-state index >= 15 is 0 Å². The van der Waals surface area contributed by atoms with Crippen LogP contribution < -0.4 is 21.1 Å². The van der Waals surface area contributed by atoms with Gasteiger partial charge in [-0.25, -0.2) is 13.1 Å². The largest absolute Gasteiger partial charge is 0.330 e. The molecule has 7 atom stereocenters. The zero-order valence-corrected chi connectivity index (χ0v) is 21.2. The third kappa shape index (κ3) is 5.99. The number of likely N-dealkylation sites (tertiary alicyclic amines) is 1. The summed E-state index contributed by atoms with van der Waals surface area (Å²) in [5, 5.41) is 7.63. The van der Waals surface area contributed by atoms with Crippen LogP contribution in [0, 0.1) is 23.7 Å². The molecule has 0 amide bonds. The molecule has 2 aliphatic carbocycles. The second-order valence-electron chi connectivity index (χ2n) is 10.9. The lowest BCUT2D eigenvalue weighted by atomic mass is 9.80. The summed E-state index contributed by atoms with van der Waals surface area (Å²) >= 11 is 6.63. The lowest BCUT2D eigenvalue weighted by Crippen LogP contribution is -2.67. The van der Waals surface area contributed by atoms with Crippen LogP contribution >= 0.6 is 11.6 Å². The number of sulfonamides is 1. The first-order chi connectivity index (χ1) is 15.4.